The van der Waals surface area contributed by atoms with E-state index in [1.165, 1.54) is 24.7 Å². The van der Waals surface area contributed by atoms with E-state index in [1.807, 2.05) is 0 Å². The number of anilines is 1. The number of aromatic nitrogens is 2. The molecule has 1 saturated heterocycles. The summed E-state index contributed by atoms with van der Waals surface area (Å²) in [5, 5.41) is 11.8. The summed E-state index contributed by atoms with van der Waals surface area (Å²) >= 11 is 0. The standard InChI is InChI=1S/C19H22FN5O3/c1-28-17-8-13(2-4-16(17)20)11-25-7-6-15(12-25)23-18-10-21-14(9-22-18)3-5-19(26)24-27/h2-5,8-10,15,27H,6-7,11-12H2,1H3,(H,22,23)(H,24,26)/t15-/m1/s1. The van der Waals surface area contributed by atoms with E-state index in [4.69, 9.17) is 9.94 Å². The van der Waals surface area contributed by atoms with Crippen LogP contribution in [0, 0.1) is 5.82 Å². The van der Waals surface area contributed by atoms with E-state index in [2.05, 4.69) is 20.2 Å². The van der Waals surface area contributed by atoms with Crippen molar-refractivity contribution in [1.29, 1.82) is 0 Å². The molecule has 28 heavy (non-hydrogen) atoms. The second-order valence-corrected chi connectivity index (χ2v) is 6.47. The van der Waals surface area contributed by atoms with Gasteiger partial charge in [-0.3, -0.25) is 19.9 Å². The van der Waals surface area contributed by atoms with Crippen LogP contribution in [-0.4, -0.2) is 52.2 Å². The number of ether oxygens (including phenoxy) is 1. The van der Waals surface area contributed by atoms with E-state index in [0.717, 1.165) is 37.7 Å². The van der Waals surface area contributed by atoms with Crippen LogP contribution in [0.3, 0.4) is 0 Å². The van der Waals surface area contributed by atoms with Gasteiger partial charge in [-0.1, -0.05) is 6.07 Å². The Labute approximate surface area is 162 Å². The smallest absolute Gasteiger partial charge is 0.267 e. The number of hydrogen-bond donors (Lipinski definition) is 3. The number of amides is 1. The number of carbonyl (C=O) groups excluding carboxylic acids is 1. The van der Waals surface area contributed by atoms with Gasteiger partial charge in [-0.2, -0.15) is 0 Å². The minimum atomic E-state index is -0.631. The predicted molar refractivity (Wildman–Crippen MR) is 101 cm³/mol. The van der Waals surface area contributed by atoms with E-state index >= 15 is 0 Å². The number of methoxy groups -OCH3 is 1. The van der Waals surface area contributed by atoms with Gasteiger partial charge in [-0.25, -0.2) is 14.9 Å². The molecule has 1 amide bonds. The number of rotatable bonds is 7. The number of likely N-dealkylation sites (tertiary alicyclic amines) is 1. The first-order chi connectivity index (χ1) is 13.6. The number of nitrogens with one attached hydrogen (secondary N) is 2. The van der Waals surface area contributed by atoms with Crippen LogP contribution in [0.1, 0.15) is 17.7 Å². The Morgan fingerprint density at radius 1 is 1.43 bits per heavy atom. The SMILES string of the molecule is COc1cc(CN2CC[C@@H](Nc3cnc(C=CC(=O)NO)cn3)C2)ccc1F. The molecule has 0 aliphatic carbocycles. The minimum absolute atomic E-state index is 0.234. The van der Waals surface area contributed by atoms with Crippen LogP contribution in [-0.2, 0) is 11.3 Å². The highest BCUT2D eigenvalue weighted by Crippen LogP contribution is 2.21. The highest BCUT2D eigenvalue weighted by Gasteiger charge is 2.23. The number of halogens is 1. The molecule has 3 N–H and O–H groups in total. The molecule has 0 unspecified atom stereocenters. The van der Waals surface area contributed by atoms with Gasteiger partial charge in [0.15, 0.2) is 11.6 Å². The summed E-state index contributed by atoms with van der Waals surface area (Å²) in [6.07, 6.45) is 6.72. The van der Waals surface area contributed by atoms with Crippen LogP contribution in [0.25, 0.3) is 6.08 Å². The largest absolute Gasteiger partial charge is 0.494 e. The summed E-state index contributed by atoms with van der Waals surface area (Å²) in [6.45, 7) is 2.47. The Balaban J connectivity index is 1.52. The second kappa shape index (κ2) is 9.25. The molecule has 3 rings (SSSR count). The summed E-state index contributed by atoms with van der Waals surface area (Å²) in [4.78, 5) is 21.7. The summed E-state index contributed by atoms with van der Waals surface area (Å²) in [7, 11) is 1.46. The summed E-state index contributed by atoms with van der Waals surface area (Å²) in [5.41, 5.74) is 3.02. The van der Waals surface area contributed by atoms with Gasteiger partial charge in [-0.05, 0) is 30.2 Å². The Morgan fingerprint density at radius 3 is 3.00 bits per heavy atom. The van der Waals surface area contributed by atoms with E-state index in [-0.39, 0.29) is 17.6 Å². The van der Waals surface area contributed by atoms with Crippen LogP contribution in [0.4, 0.5) is 10.2 Å². The van der Waals surface area contributed by atoms with Crippen LogP contribution in [0.5, 0.6) is 5.75 Å². The van der Waals surface area contributed by atoms with Crippen molar-refractivity contribution in [2.24, 2.45) is 0 Å². The quantitative estimate of drug-likeness (QED) is 0.379. The van der Waals surface area contributed by atoms with Gasteiger partial charge in [0.25, 0.3) is 5.91 Å². The van der Waals surface area contributed by atoms with Crippen molar-refractivity contribution in [2.45, 2.75) is 19.0 Å². The van der Waals surface area contributed by atoms with Crippen molar-refractivity contribution >= 4 is 17.8 Å². The van der Waals surface area contributed by atoms with Crippen molar-refractivity contribution in [3.8, 4) is 5.75 Å². The zero-order valence-electron chi connectivity index (χ0n) is 15.4. The lowest BCUT2D eigenvalue weighted by Crippen LogP contribution is -2.26. The molecule has 1 aliphatic heterocycles. The number of benzene rings is 1. The van der Waals surface area contributed by atoms with E-state index < -0.39 is 5.91 Å². The average Bonchev–Trinajstić information content (AvgIpc) is 3.15. The Kier molecular flexibility index (Phi) is 6.51. The highest BCUT2D eigenvalue weighted by atomic mass is 19.1. The lowest BCUT2D eigenvalue weighted by molar-refractivity contribution is -0.124. The fraction of sp³-hybridized carbons (Fsp3) is 0.316. The van der Waals surface area contributed by atoms with Crippen molar-refractivity contribution in [1.82, 2.24) is 20.3 Å². The fourth-order valence-electron chi connectivity index (χ4n) is 3.06. The third-order valence-electron chi connectivity index (χ3n) is 4.43. The minimum Gasteiger partial charge on any atom is -0.494 e. The first-order valence-electron chi connectivity index (χ1n) is 8.83. The third-order valence-corrected chi connectivity index (χ3v) is 4.43. The molecule has 1 aromatic heterocycles. The Hall–Kier alpha value is -3.04. The summed E-state index contributed by atoms with van der Waals surface area (Å²) in [5.74, 6) is -0.0822. The van der Waals surface area contributed by atoms with Gasteiger partial charge in [0.1, 0.15) is 5.82 Å². The predicted octanol–water partition coefficient (Wildman–Crippen LogP) is 1.83. The zero-order chi connectivity index (χ0) is 19.9. The molecule has 0 bridgehead atoms. The molecule has 8 nitrogen and oxygen atoms in total. The van der Waals surface area contributed by atoms with Crippen LogP contribution in [0.15, 0.2) is 36.7 Å². The van der Waals surface area contributed by atoms with E-state index in [9.17, 15) is 9.18 Å². The molecule has 2 aromatic rings. The topological polar surface area (TPSA) is 99.6 Å². The normalized spacial score (nSPS) is 17.0. The highest BCUT2D eigenvalue weighted by molar-refractivity contribution is 5.90. The van der Waals surface area contributed by atoms with Crippen molar-refractivity contribution in [3.63, 3.8) is 0 Å². The summed E-state index contributed by atoms with van der Waals surface area (Å²) < 4.78 is 18.6. The molecular weight excluding hydrogens is 365 g/mol. The van der Waals surface area contributed by atoms with Gasteiger partial charge in [0, 0.05) is 31.8 Å². The molecule has 1 fully saturated rings. The molecule has 0 radical (unpaired) electrons. The van der Waals surface area contributed by atoms with Gasteiger partial charge in [0.05, 0.1) is 25.2 Å². The maximum absolute atomic E-state index is 13.5. The molecule has 1 aliphatic rings. The molecule has 1 aromatic carbocycles. The molecular formula is C19H22FN5O3. The Morgan fingerprint density at radius 2 is 2.29 bits per heavy atom. The molecule has 0 saturated carbocycles. The first-order valence-corrected chi connectivity index (χ1v) is 8.83. The van der Waals surface area contributed by atoms with Gasteiger partial charge in [-0.15, -0.1) is 0 Å². The first kappa shape index (κ1) is 19.7. The van der Waals surface area contributed by atoms with Gasteiger partial charge < -0.3 is 10.1 Å². The number of hydroxylamine groups is 1. The Bertz CT molecular complexity index is 844. The molecule has 148 valence electrons. The second-order valence-electron chi connectivity index (χ2n) is 6.47. The maximum atomic E-state index is 13.5. The average molecular weight is 387 g/mol. The van der Waals surface area contributed by atoms with Gasteiger partial charge in [0.2, 0.25) is 0 Å². The lowest BCUT2D eigenvalue weighted by atomic mass is 10.2. The fourth-order valence-corrected chi connectivity index (χ4v) is 3.06. The monoisotopic (exact) mass is 387 g/mol. The van der Waals surface area contributed by atoms with E-state index in [1.54, 1.807) is 24.5 Å². The van der Waals surface area contributed by atoms with Crippen LogP contribution < -0.4 is 15.5 Å². The molecule has 1 atom stereocenters. The maximum Gasteiger partial charge on any atom is 0.267 e. The number of nitrogens with zero attached hydrogens (tertiary/aromatic N) is 3. The van der Waals surface area contributed by atoms with Gasteiger partial charge >= 0.3 is 0 Å². The molecule has 2 heterocycles. The lowest BCUT2D eigenvalue weighted by Gasteiger charge is -2.17. The van der Waals surface area contributed by atoms with Crippen LogP contribution in [0.2, 0.25) is 0 Å². The van der Waals surface area contributed by atoms with Crippen molar-refractivity contribution < 1.29 is 19.1 Å². The molecule has 0 spiro atoms. The zero-order valence-corrected chi connectivity index (χ0v) is 15.4. The van der Waals surface area contributed by atoms with Crippen LogP contribution >= 0.6 is 0 Å². The number of carbonyl (C=O) groups is 1. The molecule has 9 heteroatoms. The summed E-state index contributed by atoms with van der Waals surface area (Å²) in [6, 6.07) is 5.16. The third kappa shape index (κ3) is 5.24. The van der Waals surface area contributed by atoms with Crippen molar-refractivity contribution in [2.75, 3.05) is 25.5 Å². The van der Waals surface area contributed by atoms with Crippen molar-refractivity contribution in [3.05, 3.63) is 53.7 Å². The van der Waals surface area contributed by atoms with E-state index in [0.29, 0.717) is 11.5 Å². The number of hydrogen-bond acceptors (Lipinski definition) is 7.